The number of carbonyl (C=O) groups is 2. The molecule has 1 saturated carbocycles. The van der Waals surface area contributed by atoms with Gasteiger partial charge in [-0.2, -0.15) is 0 Å². The lowest BCUT2D eigenvalue weighted by Gasteiger charge is -2.28. The maximum absolute atomic E-state index is 13.1. The summed E-state index contributed by atoms with van der Waals surface area (Å²) < 4.78 is 0. The van der Waals surface area contributed by atoms with Crippen LogP contribution in [0.1, 0.15) is 68.1 Å². The van der Waals surface area contributed by atoms with Gasteiger partial charge in [0.2, 0.25) is 5.91 Å². The number of rotatable bonds is 5. The average molecular weight is 369 g/mol. The SMILES string of the molecule is O=C(c1ccccc1)N1CCC(C(=O)N2CCCC2CCC2CCCC2)C1. The molecular weight excluding hydrogens is 336 g/mol. The van der Waals surface area contributed by atoms with Gasteiger partial charge in [-0.05, 0) is 50.2 Å². The van der Waals surface area contributed by atoms with Crippen LogP contribution in [-0.2, 0) is 4.79 Å². The molecule has 0 aromatic heterocycles. The Labute approximate surface area is 162 Å². The van der Waals surface area contributed by atoms with Crippen molar-refractivity contribution in [2.75, 3.05) is 19.6 Å². The van der Waals surface area contributed by atoms with E-state index < -0.39 is 0 Å². The van der Waals surface area contributed by atoms with E-state index in [0.717, 1.165) is 37.3 Å². The predicted octanol–water partition coefficient (Wildman–Crippen LogP) is 4.11. The van der Waals surface area contributed by atoms with Crippen molar-refractivity contribution in [1.29, 1.82) is 0 Å². The molecule has 3 fully saturated rings. The van der Waals surface area contributed by atoms with Gasteiger partial charge < -0.3 is 9.80 Å². The number of amides is 2. The summed E-state index contributed by atoms with van der Waals surface area (Å²) in [5, 5.41) is 0. The fourth-order valence-electron chi connectivity index (χ4n) is 5.30. The molecule has 2 saturated heterocycles. The minimum atomic E-state index is -0.00950. The third-order valence-corrected chi connectivity index (χ3v) is 6.89. The van der Waals surface area contributed by atoms with E-state index in [-0.39, 0.29) is 11.8 Å². The molecule has 27 heavy (non-hydrogen) atoms. The molecule has 2 unspecified atom stereocenters. The molecule has 1 aromatic rings. The van der Waals surface area contributed by atoms with Gasteiger partial charge in [-0.25, -0.2) is 0 Å². The fourth-order valence-corrected chi connectivity index (χ4v) is 5.30. The first kappa shape index (κ1) is 18.5. The number of hydrogen-bond acceptors (Lipinski definition) is 2. The zero-order valence-electron chi connectivity index (χ0n) is 16.3. The van der Waals surface area contributed by atoms with Crippen molar-refractivity contribution in [1.82, 2.24) is 9.80 Å². The Balaban J connectivity index is 1.31. The molecule has 2 heterocycles. The van der Waals surface area contributed by atoms with E-state index in [4.69, 9.17) is 0 Å². The number of benzene rings is 1. The van der Waals surface area contributed by atoms with E-state index in [2.05, 4.69) is 4.90 Å². The first-order valence-electron chi connectivity index (χ1n) is 10.9. The van der Waals surface area contributed by atoms with Gasteiger partial charge in [-0.15, -0.1) is 0 Å². The first-order valence-corrected chi connectivity index (χ1v) is 10.9. The molecule has 2 atom stereocenters. The topological polar surface area (TPSA) is 40.6 Å². The fraction of sp³-hybridized carbons (Fsp3) is 0.652. The van der Waals surface area contributed by atoms with Gasteiger partial charge in [0.25, 0.3) is 5.91 Å². The van der Waals surface area contributed by atoms with E-state index >= 15 is 0 Å². The highest BCUT2D eigenvalue weighted by molar-refractivity contribution is 5.95. The molecule has 146 valence electrons. The molecule has 3 aliphatic rings. The van der Waals surface area contributed by atoms with Crippen LogP contribution in [0.15, 0.2) is 30.3 Å². The Bertz CT molecular complexity index is 654. The van der Waals surface area contributed by atoms with Gasteiger partial charge in [-0.3, -0.25) is 9.59 Å². The summed E-state index contributed by atoms with van der Waals surface area (Å²) in [5.74, 6) is 1.25. The number of likely N-dealkylation sites (tertiary alicyclic amines) is 2. The van der Waals surface area contributed by atoms with E-state index in [1.807, 2.05) is 35.2 Å². The molecule has 0 bridgehead atoms. The summed E-state index contributed by atoms with van der Waals surface area (Å²) in [5.41, 5.74) is 0.723. The molecule has 4 heteroatoms. The molecule has 2 aliphatic heterocycles. The van der Waals surface area contributed by atoms with Gasteiger partial charge in [0, 0.05) is 31.2 Å². The van der Waals surface area contributed by atoms with Gasteiger partial charge in [0.15, 0.2) is 0 Å². The summed E-state index contributed by atoms with van der Waals surface area (Å²) in [4.78, 5) is 29.8. The van der Waals surface area contributed by atoms with Gasteiger partial charge in [0.1, 0.15) is 0 Å². The Morgan fingerprint density at radius 2 is 1.67 bits per heavy atom. The summed E-state index contributed by atoms with van der Waals surface area (Å²) >= 11 is 0. The number of carbonyl (C=O) groups excluding carboxylic acids is 2. The smallest absolute Gasteiger partial charge is 0.253 e. The molecular formula is C23H32N2O2. The van der Waals surface area contributed by atoms with Crippen molar-refractivity contribution in [2.24, 2.45) is 11.8 Å². The van der Waals surface area contributed by atoms with Crippen LogP contribution in [0.25, 0.3) is 0 Å². The quantitative estimate of drug-likeness (QED) is 0.785. The van der Waals surface area contributed by atoms with Crippen LogP contribution in [0, 0.1) is 11.8 Å². The van der Waals surface area contributed by atoms with Crippen LogP contribution >= 0.6 is 0 Å². The van der Waals surface area contributed by atoms with E-state index in [9.17, 15) is 9.59 Å². The monoisotopic (exact) mass is 368 g/mol. The minimum absolute atomic E-state index is 0.00950. The van der Waals surface area contributed by atoms with Crippen LogP contribution in [0.2, 0.25) is 0 Å². The highest BCUT2D eigenvalue weighted by Gasteiger charge is 2.37. The average Bonchev–Trinajstić information content (AvgIpc) is 3.47. The second-order valence-electron chi connectivity index (χ2n) is 8.66. The molecule has 4 nitrogen and oxygen atoms in total. The van der Waals surface area contributed by atoms with Crippen LogP contribution in [0.5, 0.6) is 0 Å². The molecule has 4 rings (SSSR count). The first-order chi connectivity index (χ1) is 13.2. The maximum atomic E-state index is 13.1. The zero-order chi connectivity index (χ0) is 18.6. The van der Waals surface area contributed by atoms with Crippen molar-refractivity contribution < 1.29 is 9.59 Å². The van der Waals surface area contributed by atoms with Crippen molar-refractivity contribution in [2.45, 2.75) is 63.8 Å². The van der Waals surface area contributed by atoms with Crippen LogP contribution < -0.4 is 0 Å². The molecule has 1 aliphatic carbocycles. The Morgan fingerprint density at radius 3 is 2.44 bits per heavy atom. The lowest BCUT2D eigenvalue weighted by Crippen LogP contribution is -2.41. The molecule has 0 spiro atoms. The number of nitrogens with zero attached hydrogens (tertiary/aromatic N) is 2. The number of hydrogen-bond donors (Lipinski definition) is 0. The Hall–Kier alpha value is -1.84. The zero-order valence-corrected chi connectivity index (χ0v) is 16.3. The van der Waals surface area contributed by atoms with Crippen LogP contribution in [0.3, 0.4) is 0 Å². The third-order valence-electron chi connectivity index (χ3n) is 6.89. The van der Waals surface area contributed by atoms with Gasteiger partial charge in [-0.1, -0.05) is 43.9 Å². The Morgan fingerprint density at radius 1 is 0.889 bits per heavy atom. The highest BCUT2D eigenvalue weighted by atomic mass is 16.2. The van der Waals surface area contributed by atoms with E-state index in [1.165, 1.54) is 38.5 Å². The second kappa shape index (κ2) is 8.45. The normalized spacial score (nSPS) is 26.1. The molecule has 0 radical (unpaired) electrons. The highest BCUT2D eigenvalue weighted by Crippen LogP contribution is 2.33. The summed E-state index contributed by atoms with van der Waals surface area (Å²) in [6, 6.07) is 9.87. The van der Waals surface area contributed by atoms with Gasteiger partial charge >= 0.3 is 0 Å². The Kier molecular flexibility index (Phi) is 5.80. The predicted molar refractivity (Wildman–Crippen MR) is 106 cm³/mol. The molecule has 2 amide bonds. The van der Waals surface area contributed by atoms with Crippen molar-refractivity contribution >= 4 is 11.8 Å². The van der Waals surface area contributed by atoms with Crippen molar-refractivity contribution in [3.05, 3.63) is 35.9 Å². The largest absolute Gasteiger partial charge is 0.339 e. The van der Waals surface area contributed by atoms with Crippen molar-refractivity contribution in [3.63, 3.8) is 0 Å². The molecule has 0 N–H and O–H groups in total. The van der Waals surface area contributed by atoms with Crippen LogP contribution in [0.4, 0.5) is 0 Å². The van der Waals surface area contributed by atoms with E-state index in [1.54, 1.807) is 0 Å². The van der Waals surface area contributed by atoms with Crippen LogP contribution in [-0.4, -0.2) is 47.3 Å². The van der Waals surface area contributed by atoms with Gasteiger partial charge in [0.05, 0.1) is 5.92 Å². The molecule has 1 aromatic carbocycles. The lowest BCUT2D eigenvalue weighted by atomic mass is 9.97. The second-order valence-corrected chi connectivity index (χ2v) is 8.66. The standard InChI is InChI=1S/C23H32N2O2/c26-22(19-9-2-1-3-10-19)24-16-14-20(17-24)23(27)25-15-6-11-21(25)13-12-18-7-4-5-8-18/h1-3,9-10,18,20-21H,4-8,11-17H2. The lowest BCUT2D eigenvalue weighted by molar-refractivity contribution is -0.136. The summed E-state index contributed by atoms with van der Waals surface area (Å²) in [7, 11) is 0. The maximum Gasteiger partial charge on any atom is 0.253 e. The third kappa shape index (κ3) is 4.20. The summed E-state index contributed by atoms with van der Waals surface area (Å²) in [6.07, 6.45) is 11.1. The minimum Gasteiger partial charge on any atom is -0.339 e. The van der Waals surface area contributed by atoms with Crippen molar-refractivity contribution in [3.8, 4) is 0 Å². The van der Waals surface area contributed by atoms with E-state index in [0.29, 0.717) is 25.0 Å². The summed E-state index contributed by atoms with van der Waals surface area (Å²) in [6.45, 7) is 2.19.